The van der Waals surface area contributed by atoms with Crippen LogP contribution in [-0.2, 0) is 14.9 Å². The van der Waals surface area contributed by atoms with Gasteiger partial charge in [0.15, 0.2) is 5.25 Å². The standard InChI is InChI=1S/C14H13NO4S/c16-14(15-12-9-5-2-6-10-12)13(20(17,18)19)11-7-3-1-4-8-11/h1-10,13H,(H,15,16)(H,17,18,19). The predicted octanol–water partition coefficient (Wildman–Crippen LogP) is 2.25. The molecule has 5 nitrogen and oxygen atoms in total. The molecule has 2 N–H and O–H groups in total. The van der Waals surface area contributed by atoms with Crippen molar-refractivity contribution in [2.45, 2.75) is 5.25 Å². The van der Waals surface area contributed by atoms with E-state index in [1.807, 2.05) is 0 Å². The first-order chi connectivity index (χ1) is 9.48. The van der Waals surface area contributed by atoms with Gasteiger partial charge >= 0.3 is 0 Å². The molecule has 0 bridgehead atoms. The minimum atomic E-state index is -4.55. The van der Waals surface area contributed by atoms with Crippen LogP contribution in [0.4, 0.5) is 5.69 Å². The SMILES string of the molecule is O=C(Nc1ccccc1)C(c1ccccc1)S(=O)(=O)O. The van der Waals surface area contributed by atoms with Crippen molar-refractivity contribution in [3.05, 3.63) is 66.2 Å². The molecule has 0 aliphatic carbocycles. The van der Waals surface area contributed by atoms with E-state index in [2.05, 4.69) is 5.32 Å². The predicted molar refractivity (Wildman–Crippen MR) is 75.8 cm³/mol. The molecule has 1 atom stereocenters. The molecule has 0 saturated carbocycles. The molecule has 1 unspecified atom stereocenters. The number of carbonyl (C=O) groups excluding carboxylic acids is 1. The summed E-state index contributed by atoms with van der Waals surface area (Å²) >= 11 is 0. The molecule has 0 heterocycles. The van der Waals surface area contributed by atoms with Crippen LogP contribution in [0.15, 0.2) is 60.7 Å². The lowest BCUT2D eigenvalue weighted by molar-refractivity contribution is -0.116. The van der Waals surface area contributed by atoms with Crippen LogP contribution in [-0.4, -0.2) is 18.9 Å². The molecule has 6 heteroatoms. The Morgan fingerprint density at radius 2 is 1.45 bits per heavy atom. The van der Waals surface area contributed by atoms with E-state index < -0.39 is 21.3 Å². The van der Waals surface area contributed by atoms with Gasteiger partial charge < -0.3 is 5.32 Å². The molecule has 0 aromatic heterocycles. The van der Waals surface area contributed by atoms with Crippen LogP contribution >= 0.6 is 0 Å². The van der Waals surface area contributed by atoms with Crippen molar-refractivity contribution >= 4 is 21.7 Å². The van der Waals surface area contributed by atoms with Crippen molar-refractivity contribution in [2.24, 2.45) is 0 Å². The molecule has 0 aliphatic heterocycles. The summed E-state index contributed by atoms with van der Waals surface area (Å²) in [6.07, 6.45) is 0. The van der Waals surface area contributed by atoms with Gasteiger partial charge in [0.2, 0.25) is 5.91 Å². The first-order valence-corrected chi connectivity index (χ1v) is 7.36. The molecule has 0 fully saturated rings. The van der Waals surface area contributed by atoms with E-state index in [1.54, 1.807) is 48.5 Å². The van der Waals surface area contributed by atoms with E-state index in [1.165, 1.54) is 12.1 Å². The minimum Gasteiger partial charge on any atom is -0.325 e. The summed E-state index contributed by atoms with van der Waals surface area (Å²) in [5.74, 6) is -0.801. The van der Waals surface area contributed by atoms with E-state index >= 15 is 0 Å². The molecule has 0 radical (unpaired) electrons. The van der Waals surface area contributed by atoms with Gasteiger partial charge in [-0.15, -0.1) is 0 Å². The lowest BCUT2D eigenvalue weighted by Crippen LogP contribution is -2.27. The smallest absolute Gasteiger partial charge is 0.281 e. The zero-order valence-corrected chi connectivity index (χ0v) is 11.2. The van der Waals surface area contributed by atoms with Gasteiger partial charge in [0.1, 0.15) is 0 Å². The first kappa shape index (κ1) is 14.2. The van der Waals surface area contributed by atoms with Gasteiger partial charge in [0, 0.05) is 5.69 Å². The fourth-order valence-electron chi connectivity index (χ4n) is 1.82. The number of hydrogen-bond donors (Lipinski definition) is 2. The highest BCUT2D eigenvalue weighted by Gasteiger charge is 2.32. The van der Waals surface area contributed by atoms with E-state index in [0.717, 1.165) is 0 Å². The highest BCUT2D eigenvalue weighted by molar-refractivity contribution is 7.86. The zero-order chi connectivity index (χ0) is 14.6. The third-order valence-electron chi connectivity index (χ3n) is 2.68. The Labute approximate surface area is 117 Å². The van der Waals surface area contributed by atoms with Gasteiger partial charge in [0.25, 0.3) is 10.1 Å². The van der Waals surface area contributed by atoms with Gasteiger partial charge in [-0.3, -0.25) is 9.35 Å². The Morgan fingerprint density at radius 3 is 1.95 bits per heavy atom. The molecule has 2 aromatic rings. The average Bonchev–Trinajstić information content (AvgIpc) is 2.39. The molecular weight excluding hydrogens is 278 g/mol. The maximum absolute atomic E-state index is 12.1. The summed E-state index contributed by atoms with van der Waals surface area (Å²) in [6.45, 7) is 0. The van der Waals surface area contributed by atoms with E-state index in [0.29, 0.717) is 5.69 Å². The van der Waals surface area contributed by atoms with E-state index in [4.69, 9.17) is 0 Å². The second-order valence-electron chi connectivity index (χ2n) is 4.16. The summed E-state index contributed by atoms with van der Waals surface area (Å²) < 4.78 is 32.2. The number of hydrogen-bond acceptors (Lipinski definition) is 3. The second-order valence-corrected chi connectivity index (χ2v) is 5.66. The average molecular weight is 291 g/mol. The van der Waals surface area contributed by atoms with Crippen molar-refractivity contribution in [1.29, 1.82) is 0 Å². The minimum absolute atomic E-state index is 0.212. The number of benzene rings is 2. The van der Waals surface area contributed by atoms with Crippen LogP contribution < -0.4 is 5.32 Å². The van der Waals surface area contributed by atoms with Crippen molar-refractivity contribution < 1.29 is 17.8 Å². The Bertz CT molecular complexity index is 684. The number of nitrogens with one attached hydrogen (secondary N) is 1. The molecule has 1 amide bonds. The van der Waals surface area contributed by atoms with Crippen molar-refractivity contribution in [3.8, 4) is 0 Å². The number of rotatable bonds is 4. The Hall–Kier alpha value is -2.18. The molecular formula is C14H13NO4S. The summed E-state index contributed by atoms with van der Waals surface area (Å²) in [5.41, 5.74) is 0.672. The number of carbonyl (C=O) groups is 1. The maximum atomic E-state index is 12.1. The van der Waals surface area contributed by atoms with E-state index in [9.17, 15) is 17.8 Å². The Morgan fingerprint density at radius 1 is 0.950 bits per heavy atom. The summed E-state index contributed by atoms with van der Waals surface area (Å²) in [5, 5.41) is 0.820. The summed E-state index contributed by atoms with van der Waals surface area (Å²) in [6, 6.07) is 16.3. The maximum Gasteiger partial charge on any atom is 0.281 e. The highest BCUT2D eigenvalue weighted by atomic mass is 32.2. The number of amides is 1. The van der Waals surface area contributed by atoms with Crippen LogP contribution in [0.3, 0.4) is 0 Å². The summed E-state index contributed by atoms with van der Waals surface area (Å²) in [7, 11) is -4.55. The van der Waals surface area contributed by atoms with Crippen LogP contribution in [0.1, 0.15) is 10.8 Å². The lowest BCUT2D eigenvalue weighted by Gasteiger charge is -2.14. The van der Waals surface area contributed by atoms with Crippen molar-refractivity contribution in [3.63, 3.8) is 0 Å². The Balaban J connectivity index is 2.31. The zero-order valence-electron chi connectivity index (χ0n) is 10.4. The van der Waals surface area contributed by atoms with Crippen LogP contribution in [0.2, 0.25) is 0 Å². The molecule has 104 valence electrons. The van der Waals surface area contributed by atoms with E-state index in [-0.39, 0.29) is 5.56 Å². The van der Waals surface area contributed by atoms with Gasteiger partial charge in [-0.2, -0.15) is 8.42 Å². The van der Waals surface area contributed by atoms with Crippen LogP contribution in [0.25, 0.3) is 0 Å². The van der Waals surface area contributed by atoms with Crippen LogP contribution in [0, 0.1) is 0 Å². The molecule has 0 saturated heterocycles. The van der Waals surface area contributed by atoms with Crippen molar-refractivity contribution in [2.75, 3.05) is 5.32 Å². The molecule has 2 rings (SSSR count). The van der Waals surface area contributed by atoms with Gasteiger partial charge in [-0.1, -0.05) is 48.5 Å². The van der Waals surface area contributed by atoms with Gasteiger partial charge in [0.05, 0.1) is 0 Å². The molecule has 0 aliphatic rings. The molecule has 2 aromatic carbocycles. The first-order valence-electron chi connectivity index (χ1n) is 5.85. The fraction of sp³-hybridized carbons (Fsp3) is 0.0714. The quantitative estimate of drug-likeness (QED) is 0.846. The topological polar surface area (TPSA) is 83.5 Å². The van der Waals surface area contributed by atoms with Crippen molar-refractivity contribution in [1.82, 2.24) is 0 Å². The third kappa shape index (κ3) is 3.43. The normalized spacial score (nSPS) is 12.7. The third-order valence-corrected chi connectivity index (χ3v) is 3.76. The highest BCUT2D eigenvalue weighted by Crippen LogP contribution is 2.23. The number of para-hydroxylation sites is 1. The molecule has 20 heavy (non-hydrogen) atoms. The second kappa shape index (κ2) is 5.85. The molecule has 0 spiro atoms. The number of anilines is 1. The monoisotopic (exact) mass is 291 g/mol. The largest absolute Gasteiger partial charge is 0.325 e. The fourth-order valence-corrected chi connectivity index (χ4v) is 2.65. The van der Waals surface area contributed by atoms with Gasteiger partial charge in [-0.25, -0.2) is 0 Å². The Kier molecular flexibility index (Phi) is 4.16. The summed E-state index contributed by atoms with van der Waals surface area (Å²) in [4.78, 5) is 12.1. The van der Waals surface area contributed by atoms with Gasteiger partial charge in [-0.05, 0) is 17.7 Å². The lowest BCUT2D eigenvalue weighted by atomic mass is 10.1. The van der Waals surface area contributed by atoms with Crippen LogP contribution in [0.5, 0.6) is 0 Å².